The van der Waals surface area contributed by atoms with E-state index in [1.165, 1.54) is 32.4 Å². The van der Waals surface area contributed by atoms with E-state index in [0.717, 1.165) is 13.1 Å². The Morgan fingerprint density at radius 1 is 1.21 bits per heavy atom. The first-order valence-electron chi connectivity index (χ1n) is 5.92. The third-order valence-corrected chi connectivity index (χ3v) is 3.18. The molecule has 0 aliphatic carbocycles. The zero-order valence-electron chi connectivity index (χ0n) is 9.63. The summed E-state index contributed by atoms with van der Waals surface area (Å²) in [6.45, 7) is 8.72. The van der Waals surface area contributed by atoms with Crippen LogP contribution in [0.2, 0.25) is 0 Å². The summed E-state index contributed by atoms with van der Waals surface area (Å²) in [4.78, 5) is 0. The van der Waals surface area contributed by atoms with Crippen LogP contribution >= 0.6 is 0 Å². The molecule has 0 bridgehead atoms. The molecule has 1 unspecified atom stereocenters. The number of nitrogens with two attached hydrogens (primary N) is 1. The standard InChI is InChI=1S/C11H25N3/c1-10(2)11(8-12)9-13-14-6-4-3-5-7-14/h10-11,13H,3-9,12H2,1-2H3. The maximum atomic E-state index is 5.73. The van der Waals surface area contributed by atoms with Gasteiger partial charge in [0, 0.05) is 19.6 Å². The van der Waals surface area contributed by atoms with Gasteiger partial charge in [-0.3, -0.25) is 5.43 Å². The molecule has 0 radical (unpaired) electrons. The Labute approximate surface area is 88.0 Å². The lowest BCUT2D eigenvalue weighted by Crippen LogP contribution is -2.45. The molecule has 0 spiro atoms. The minimum absolute atomic E-state index is 0.608. The van der Waals surface area contributed by atoms with Gasteiger partial charge >= 0.3 is 0 Å². The van der Waals surface area contributed by atoms with Crippen molar-refractivity contribution in [2.75, 3.05) is 26.2 Å². The molecule has 1 aliphatic heterocycles. The van der Waals surface area contributed by atoms with Gasteiger partial charge in [0.25, 0.3) is 0 Å². The van der Waals surface area contributed by atoms with Crippen LogP contribution in [0.3, 0.4) is 0 Å². The van der Waals surface area contributed by atoms with Crippen molar-refractivity contribution in [3.63, 3.8) is 0 Å². The Hall–Kier alpha value is -0.120. The quantitative estimate of drug-likeness (QED) is 0.699. The summed E-state index contributed by atoms with van der Waals surface area (Å²) in [7, 11) is 0. The first-order valence-corrected chi connectivity index (χ1v) is 5.92. The number of hydrogen-bond donors (Lipinski definition) is 2. The zero-order valence-corrected chi connectivity index (χ0v) is 9.63. The fourth-order valence-electron chi connectivity index (χ4n) is 1.89. The van der Waals surface area contributed by atoms with Crippen molar-refractivity contribution in [2.45, 2.75) is 33.1 Å². The molecular weight excluding hydrogens is 174 g/mol. The lowest BCUT2D eigenvalue weighted by atomic mass is 9.96. The molecule has 1 saturated heterocycles. The second kappa shape index (κ2) is 6.38. The maximum absolute atomic E-state index is 5.73. The van der Waals surface area contributed by atoms with Crippen LogP contribution < -0.4 is 11.2 Å². The van der Waals surface area contributed by atoms with Crippen LogP contribution in [0.15, 0.2) is 0 Å². The van der Waals surface area contributed by atoms with Gasteiger partial charge in [0.1, 0.15) is 0 Å². The van der Waals surface area contributed by atoms with E-state index in [1.54, 1.807) is 0 Å². The van der Waals surface area contributed by atoms with Crippen molar-refractivity contribution in [3.8, 4) is 0 Å². The summed E-state index contributed by atoms with van der Waals surface area (Å²) in [6.07, 6.45) is 4.06. The number of piperidine rings is 1. The molecule has 1 heterocycles. The van der Waals surface area contributed by atoms with E-state index in [0.29, 0.717) is 11.8 Å². The van der Waals surface area contributed by atoms with E-state index in [1.807, 2.05) is 0 Å². The highest BCUT2D eigenvalue weighted by Gasteiger charge is 2.14. The molecule has 1 fully saturated rings. The lowest BCUT2D eigenvalue weighted by Gasteiger charge is -2.30. The molecule has 0 aromatic carbocycles. The van der Waals surface area contributed by atoms with Crippen LogP contribution in [-0.2, 0) is 0 Å². The first-order chi connectivity index (χ1) is 6.74. The van der Waals surface area contributed by atoms with Gasteiger partial charge < -0.3 is 5.73 Å². The molecule has 1 aliphatic rings. The van der Waals surface area contributed by atoms with Crippen molar-refractivity contribution in [2.24, 2.45) is 17.6 Å². The zero-order chi connectivity index (χ0) is 10.4. The molecule has 1 atom stereocenters. The molecule has 0 amide bonds. The second-order valence-corrected chi connectivity index (χ2v) is 4.65. The van der Waals surface area contributed by atoms with Crippen molar-refractivity contribution in [1.29, 1.82) is 0 Å². The van der Waals surface area contributed by atoms with E-state index in [9.17, 15) is 0 Å². The topological polar surface area (TPSA) is 41.3 Å². The molecule has 0 saturated carbocycles. The lowest BCUT2D eigenvalue weighted by molar-refractivity contribution is 0.137. The van der Waals surface area contributed by atoms with Crippen LogP contribution in [0, 0.1) is 11.8 Å². The fraction of sp³-hybridized carbons (Fsp3) is 1.00. The third kappa shape index (κ3) is 3.95. The molecule has 84 valence electrons. The molecule has 1 rings (SSSR count). The largest absolute Gasteiger partial charge is 0.330 e. The Balaban J connectivity index is 2.16. The normalized spacial score (nSPS) is 21.4. The van der Waals surface area contributed by atoms with Crippen LogP contribution in [-0.4, -0.2) is 31.2 Å². The maximum Gasteiger partial charge on any atom is 0.0145 e. The van der Waals surface area contributed by atoms with Crippen molar-refractivity contribution < 1.29 is 0 Å². The van der Waals surface area contributed by atoms with Gasteiger partial charge in [-0.15, -0.1) is 0 Å². The Morgan fingerprint density at radius 2 is 1.86 bits per heavy atom. The first kappa shape index (κ1) is 12.0. The van der Waals surface area contributed by atoms with E-state index in [2.05, 4.69) is 24.3 Å². The van der Waals surface area contributed by atoms with E-state index in [-0.39, 0.29) is 0 Å². The van der Waals surface area contributed by atoms with Crippen LogP contribution in [0.1, 0.15) is 33.1 Å². The smallest absolute Gasteiger partial charge is 0.0145 e. The van der Waals surface area contributed by atoms with Crippen molar-refractivity contribution in [1.82, 2.24) is 10.4 Å². The minimum atomic E-state index is 0.608. The molecular formula is C11H25N3. The Bertz CT molecular complexity index is 141. The summed E-state index contributed by atoms with van der Waals surface area (Å²) >= 11 is 0. The minimum Gasteiger partial charge on any atom is -0.330 e. The van der Waals surface area contributed by atoms with Crippen LogP contribution in [0.5, 0.6) is 0 Å². The fourth-order valence-corrected chi connectivity index (χ4v) is 1.89. The predicted molar refractivity (Wildman–Crippen MR) is 60.8 cm³/mol. The van der Waals surface area contributed by atoms with Gasteiger partial charge in [-0.1, -0.05) is 20.3 Å². The van der Waals surface area contributed by atoms with Gasteiger partial charge in [0.2, 0.25) is 0 Å². The highest BCUT2D eigenvalue weighted by molar-refractivity contribution is 4.67. The molecule has 0 aromatic rings. The highest BCUT2D eigenvalue weighted by Crippen LogP contribution is 2.10. The van der Waals surface area contributed by atoms with Gasteiger partial charge in [-0.2, -0.15) is 0 Å². The van der Waals surface area contributed by atoms with Crippen molar-refractivity contribution >= 4 is 0 Å². The number of nitrogens with zero attached hydrogens (tertiary/aromatic N) is 1. The van der Waals surface area contributed by atoms with Gasteiger partial charge in [-0.25, -0.2) is 5.01 Å². The summed E-state index contributed by atoms with van der Waals surface area (Å²) in [5.41, 5.74) is 9.24. The van der Waals surface area contributed by atoms with Crippen LogP contribution in [0.25, 0.3) is 0 Å². The number of hydrogen-bond acceptors (Lipinski definition) is 3. The van der Waals surface area contributed by atoms with E-state index in [4.69, 9.17) is 5.73 Å². The van der Waals surface area contributed by atoms with E-state index >= 15 is 0 Å². The number of rotatable bonds is 5. The molecule has 3 heteroatoms. The summed E-state index contributed by atoms with van der Waals surface area (Å²) in [6, 6.07) is 0. The third-order valence-electron chi connectivity index (χ3n) is 3.18. The van der Waals surface area contributed by atoms with Gasteiger partial charge in [0.05, 0.1) is 0 Å². The van der Waals surface area contributed by atoms with Crippen molar-refractivity contribution in [3.05, 3.63) is 0 Å². The predicted octanol–water partition coefficient (Wildman–Crippen LogP) is 1.21. The highest BCUT2D eigenvalue weighted by atomic mass is 15.5. The molecule has 3 N–H and O–H groups in total. The average Bonchev–Trinajstić information content (AvgIpc) is 2.20. The van der Waals surface area contributed by atoms with E-state index < -0.39 is 0 Å². The molecule has 0 aromatic heterocycles. The molecule has 14 heavy (non-hydrogen) atoms. The van der Waals surface area contributed by atoms with Gasteiger partial charge in [0.15, 0.2) is 0 Å². The Morgan fingerprint density at radius 3 is 2.36 bits per heavy atom. The summed E-state index contributed by atoms with van der Waals surface area (Å²) < 4.78 is 0. The second-order valence-electron chi connectivity index (χ2n) is 4.65. The van der Waals surface area contributed by atoms with Gasteiger partial charge in [-0.05, 0) is 31.2 Å². The number of nitrogens with one attached hydrogen (secondary N) is 1. The summed E-state index contributed by atoms with van der Waals surface area (Å²) in [5.74, 6) is 1.29. The average molecular weight is 199 g/mol. The Kier molecular flexibility index (Phi) is 5.45. The SMILES string of the molecule is CC(C)C(CN)CNN1CCCCC1. The molecule has 3 nitrogen and oxygen atoms in total. The number of hydrazine groups is 1. The summed E-state index contributed by atoms with van der Waals surface area (Å²) in [5, 5.41) is 2.36. The monoisotopic (exact) mass is 199 g/mol. The van der Waals surface area contributed by atoms with Crippen LogP contribution in [0.4, 0.5) is 0 Å².